The van der Waals surface area contributed by atoms with Crippen LogP contribution in [0.3, 0.4) is 0 Å². The second-order valence-electron chi connectivity index (χ2n) is 5.25. The van der Waals surface area contributed by atoms with Crippen molar-refractivity contribution in [1.29, 1.82) is 0 Å². The van der Waals surface area contributed by atoms with E-state index in [0.29, 0.717) is 12.8 Å². The van der Waals surface area contributed by atoms with Crippen LogP contribution in [0, 0.1) is 0 Å². The Morgan fingerprint density at radius 1 is 1.29 bits per heavy atom. The number of aryl methyl sites for hydroxylation is 1. The molecule has 5 heteroatoms. The van der Waals surface area contributed by atoms with E-state index in [1.165, 1.54) is 0 Å². The standard InChI is InChI=1S/C16H23ClN2O2/c17-15-5-2-1-4-14(15)6-7-16(20)18-8-3-9-19-10-12-21-13-11-19/h1-2,4-5H,3,6-13H2,(H,18,20). The van der Waals surface area contributed by atoms with Gasteiger partial charge in [-0.25, -0.2) is 0 Å². The maximum Gasteiger partial charge on any atom is 0.220 e. The second kappa shape index (κ2) is 9.03. The molecule has 0 spiro atoms. The normalized spacial score (nSPS) is 15.9. The number of hydrogen-bond acceptors (Lipinski definition) is 3. The lowest BCUT2D eigenvalue weighted by Crippen LogP contribution is -2.38. The Balaban J connectivity index is 1.56. The van der Waals surface area contributed by atoms with Crippen LogP contribution in [0.5, 0.6) is 0 Å². The SMILES string of the molecule is O=C(CCc1ccccc1Cl)NCCCN1CCOCC1. The van der Waals surface area contributed by atoms with Gasteiger partial charge in [-0.1, -0.05) is 29.8 Å². The van der Waals surface area contributed by atoms with Gasteiger partial charge in [-0.3, -0.25) is 9.69 Å². The van der Waals surface area contributed by atoms with Gasteiger partial charge in [-0.2, -0.15) is 0 Å². The Morgan fingerprint density at radius 3 is 2.81 bits per heavy atom. The van der Waals surface area contributed by atoms with Gasteiger partial charge >= 0.3 is 0 Å². The molecule has 0 unspecified atom stereocenters. The third-order valence-corrected chi connectivity index (χ3v) is 4.02. The van der Waals surface area contributed by atoms with Gasteiger partial charge < -0.3 is 10.1 Å². The molecule has 1 aliphatic rings. The van der Waals surface area contributed by atoms with Gasteiger partial charge in [0.05, 0.1) is 13.2 Å². The quantitative estimate of drug-likeness (QED) is 0.784. The number of halogens is 1. The zero-order valence-electron chi connectivity index (χ0n) is 12.3. The van der Waals surface area contributed by atoms with E-state index in [1.54, 1.807) is 0 Å². The Kier molecular flexibility index (Phi) is 7.00. The maximum absolute atomic E-state index is 11.8. The predicted octanol–water partition coefficient (Wildman–Crippen LogP) is 2.11. The van der Waals surface area contributed by atoms with Crippen molar-refractivity contribution in [2.24, 2.45) is 0 Å². The molecule has 116 valence electrons. The topological polar surface area (TPSA) is 41.6 Å². The van der Waals surface area contributed by atoms with Crippen LogP contribution in [-0.4, -0.2) is 50.2 Å². The summed E-state index contributed by atoms with van der Waals surface area (Å²) < 4.78 is 5.31. The van der Waals surface area contributed by atoms with Gasteiger partial charge in [-0.05, 0) is 31.0 Å². The highest BCUT2D eigenvalue weighted by Gasteiger charge is 2.09. The molecule has 0 bridgehead atoms. The Morgan fingerprint density at radius 2 is 2.05 bits per heavy atom. The number of ether oxygens (including phenoxy) is 1. The summed E-state index contributed by atoms with van der Waals surface area (Å²) in [7, 11) is 0. The van der Waals surface area contributed by atoms with Crippen molar-refractivity contribution in [3.63, 3.8) is 0 Å². The summed E-state index contributed by atoms with van der Waals surface area (Å²) >= 11 is 6.07. The van der Waals surface area contributed by atoms with Crippen LogP contribution in [0.4, 0.5) is 0 Å². The predicted molar refractivity (Wildman–Crippen MR) is 84.7 cm³/mol. The molecule has 1 fully saturated rings. The molecule has 1 amide bonds. The van der Waals surface area contributed by atoms with Crippen LogP contribution in [0.25, 0.3) is 0 Å². The molecule has 0 aromatic heterocycles. The summed E-state index contributed by atoms with van der Waals surface area (Å²) in [5.41, 5.74) is 1.03. The molecule has 1 saturated heterocycles. The number of carbonyl (C=O) groups is 1. The second-order valence-corrected chi connectivity index (χ2v) is 5.66. The Labute approximate surface area is 131 Å². The highest BCUT2D eigenvalue weighted by atomic mass is 35.5. The third-order valence-electron chi connectivity index (χ3n) is 3.66. The van der Waals surface area contributed by atoms with Gasteiger partial charge in [0.15, 0.2) is 0 Å². The van der Waals surface area contributed by atoms with Crippen LogP contribution in [0.1, 0.15) is 18.4 Å². The average Bonchev–Trinajstić information content (AvgIpc) is 2.52. The molecule has 0 radical (unpaired) electrons. The summed E-state index contributed by atoms with van der Waals surface area (Å²) in [5.74, 6) is 0.0943. The molecule has 4 nitrogen and oxygen atoms in total. The molecular formula is C16H23ClN2O2. The van der Waals surface area contributed by atoms with E-state index < -0.39 is 0 Å². The van der Waals surface area contributed by atoms with E-state index in [2.05, 4.69) is 10.2 Å². The zero-order chi connectivity index (χ0) is 14.9. The fourth-order valence-electron chi connectivity index (χ4n) is 2.39. The van der Waals surface area contributed by atoms with Gasteiger partial charge in [0.1, 0.15) is 0 Å². The monoisotopic (exact) mass is 310 g/mol. The van der Waals surface area contributed by atoms with E-state index >= 15 is 0 Å². The molecule has 2 rings (SSSR count). The highest BCUT2D eigenvalue weighted by molar-refractivity contribution is 6.31. The zero-order valence-corrected chi connectivity index (χ0v) is 13.1. The molecule has 0 atom stereocenters. The van der Waals surface area contributed by atoms with Crippen molar-refractivity contribution in [1.82, 2.24) is 10.2 Å². The minimum Gasteiger partial charge on any atom is -0.379 e. The molecule has 21 heavy (non-hydrogen) atoms. The first kappa shape index (κ1) is 16.3. The summed E-state index contributed by atoms with van der Waals surface area (Å²) in [6, 6.07) is 7.67. The van der Waals surface area contributed by atoms with Gasteiger partial charge in [0, 0.05) is 31.1 Å². The van der Waals surface area contributed by atoms with Crippen molar-refractivity contribution in [3.05, 3.63) is 34.9 Å². The van der Waals surface area contributed by atoms with Crippen LogP contribution < -0.4 is 5.32 Å². The number of morpholine rings is 1. The molecule has 1 aromatic rings. The number of rotatable bonds is 7. The molecule has 1 aliphatic heterocycles. The van der Waals surface area contributed by atoms with Gasteiger partial charge in [0.2, 0.25) is 5.91 Å². The average molecular weight is 311 g/mol. The lowest BCUT2D eigenvalue weighted by molar-refractivity contribution is -0.121. The van der Waals surface area contributed by atoms with Crippen molar-refractivity contribution in [2.75, 3.05) is 39.4 Å². The molecule has 1 heterocycles. The first-order valence-electron chi connectivity index (χ1n) is 7.56. The van der Waals surface area contributed by atoms with Crippen molar-refractivity contribution >= 4 is 17.5 Å². The molecule has 1 N–H and O–H groups in total. The maximum atomic E-state index is 11.8. The minimum absolute atomic E-state index is 0.0943. The number of benzene rings is 1. The summed E-state index contributed by atoms with van der Waals surface area (Å²) in [5, 5.41) is 3.71. The van der Waals surface area contributed by atoms with Crippen LogP contribution in [-0.2, 0) is 16.0 Å². The number of nitrogens with zero attached hydrogens (tertiary/aromatic N) is 1. The van der Waals surface area contributed by atoms with Crippen molar-refractivity contribution in [2.45, 2.75) is 19.3 Å². The van der Waals surface area contributed by atoms with Crippen LogP contribution in [0.15, 0.2) is 24.3 Å². The number of amides is 1. The molecule has 0 saturated carbocycles. The first-order valence-corrected chi connectivity index (χ1v) is 7.94. The minimum atomic E-state index is 0.0943. The summed E-state index contributed by atoms with van der Waals surface area (Å²) in [4.78, 5) is 14.2. The van der Waals surface area contributed by atoms with Crippen molar-refractivity contribution in [3.8, 4) is 0 Å². The van der Waals surface area contributed by atoms with Gasteiger partial charge in [0.25, 0.3) is 0 Å². The van der Waals surface area contributed by atoms with Crippen LogP contribution in [0.2, 0.25) is 5.02 Å². The fraction of sp³-hybridized carbons (Fsp3) is 0.562. The van der Waals surface area contributed by atoms with Gasteiger partial charge in [-0.15, -0.1) is 0 Å². The number of nitrogens with one attached hydrogen (secondary N) is 1. The Hall–Kier alpha value is -1.10. The highest BCUT2D eigenvalue weighted by Crippen LogP contribution is 2.16. The first-order chi connectivity index (χ1) is 10.3. The number of carbonyl (C=O) groups excluding carboxylic acids is 1. The molecule has 0 aliphatic carbocycles. The summed E-state index contributed by atoms with van der Waals surface area (Å²) in [6.07, 6.45) is 2.16. The Bertz CT molecular complexity index is 448. The lowest BCUT2D eigenvalue weighted by atomic mass is 10.1. The van der Waals surface area contributed by atoms with Crippen molar-refractivity contribution < 1.29 is 9.53 Å². The largest absolute Gasteiger partial charge is 0.379 e. The number of hydrogen-bond donors (Lipinski definition) is 1. The van der Waals surface area contributed by atoms with E-state index in [9.17, 15) is 4.79 Å². The van der Waals surface area contributed by atoms with E-state index in [0.717, 1.165) is 56.4 Å². The lowest BCUT2D eigenvalue weighted by Gasteiger charge is -2.26. The summed E-state index contributed by atoms with van der Waals surface area (Å²) in [6.45, 7) is 5.40. The molecular weight excluding hydrogens is 288 g/mol. The fourth-order valence-corrected chi connectivity index (χ4v) is 2.62. The van der Waals surface area contributed by atoms with E-state index in [4.69, 9.17) is 16.3 Å². The smallest absolute Gasteiger partial charge is 0.220 e. The van der Waals surface area contributed by atoms with E-state index in [-0.39, 0.29) is 5.91 Å². The van der Waals surface area contributed by atoms with Crippen LogP contribution >= 0.6 is 11.6 Å². The third kappa shape index (κ3) is 6.04. The van der Waals surface area contributed by atoms with E-state index in [1.807, 2.05) is 24.3 Å². The molecule has 1 aromatic carbocycles.